The predicted molar refractivity (Wildman–Crippen MR) is 347 cm³/mol. The highest BCUT2D eigenvalue weighted by molar-refractivity contribution is 7.99. The normalized spacial score (nSPS) is 17.2. The number of ether oxygens (including phenoxy) is 9. The average Bonchev–Trinajstić information content (AvgIpc) is 1.60. The van der Waals surface area contributed by atoms with Gasteiger partial charge in [0.2, 0.25) is 23.6 Å². The maximum Gasteiger partial charge on any atom is 0.416 e. The van der Waals surface area contributed by atoms with Gasteiger partial charge in [0.15, 0.2) is 29.2 Å². The third-order valence-electron chi connectivity index (χ3n) is 14.9. The van der Waals surface area contributed by atoms with Crippen LogP contribution in [0.2, 0.25) is 0 Å². The van der Waals surface area contributed by atoms with Crippen LogP contribution in [0.5, 0.6) is 23.0 Å². The number of aliphatic hydroxyl groups excluding tert-OH is 1. The Morgan fingerprint density at radius 2 is 1.30 bits per heavy atom. The lowest BCUT2D eigenvalue weighted by molar-refractivity contribution is -0.132. The van der Waals surface area contributed by atoms with Gasteiger partial charge in [-0.3, -0.25) is 33.8 Å². The molecule has 0 aliphatic carbocycles. The van der Waals surface area contributed by atoms with Crippen molar-refractivity contribution >= 4 is 76.6 Å². The van der Waals surface area contributed by atoms with Crippen LogP contribution >= 0.6 is 11.8 Å². The minimum Gasteiger partial charge on any atom is -0.493 e. The molecule has 7 rings (SSSR count). The Morgan fingerprint density at radius 3 is 1.93 bits per heavy atom. The number of allylic oxidation sites excluding steroid dienone is 4. The molecule has 7 amide bonds. The van der Waals surface area contributed by atoms with E-state index < -0.39 is 54.1 Å². The third kappa shape index (κ3) is 19.9. The SMILES string of the molecule is C/C=C/C1=CN2C(=O)c3cc(OC)c(OCCCOc4cc5c(cc4OC)C(=O)N4C=C(/C=C/C)C[C@H]4[C@H](O)N5C(=O)OCc4ccc(NC(=O)[C@H](C)NC(=O)[C@@H](NC(=O)CCOCCOCCOCCOCCNC(=O)CSCC)C(C)C)cc4)cc3N=C[C@@H]2C1. The summed E-state index contributed by atoms with van der Waals surface area (Å²) in [5.74, 6) is -0.0497. The Balaban J connectivity index is 0.872. The van der Waals surface area contributed by atoms with Gasteiger partial charge in [0.1, 0.15) is 18.7 Å². The molecule has 0 fully saturated rings. The Hall–Kier alpha value is -8.27. The maximum absolute atomic E-state index is 14.4. The number of rotatable bonds is 36. The van der Waals surface area contributed by atoms with Crippen molar-refractivity contribution in [3.05, 3.63) is 113 Å². The first-order chi connectivity index (χ1) is 44.5. The van der Waals surface area contributed by atoms with Gasteiger partial charge in [-0.1, -0.05) is 57.2 Å². The first-order valence-electron chi connectivity index (χ1n) is 30.8. The van der Waals surface area contributed by atoms with Gasteiger partial charge in [-0.25, -0.2) is 9.69 Å². The summed E-state index contributed by atoms with van der Waals surface area (Å²) in [6.45, 7) is 13.8. The van der Waals surface area contributed by atoms with Crippen molar-refractivity contribution in [3.63, 3.8) is 0 Å². The minimum atomic E-state index is -1.57. The molecule has 0 saturated heterocycles. The zero-order chi connectivity index (χ0) is 66.1. The molecule has 4 aliphatic heterocycles. The summed E-state index contributed by atoms with van der Waals surface area (Å²) >= 11 is 1.56. The van der Waals surface area contributed by atoms with Gasteiger partial charge in [-0.2, -0.15) is 11.8 Å². The molecule has 25 nitrogen and oxygen atoms in total. The summed E-state index contributed by atoms with van der Waals surface area (Å²) in [6, 6.07) is 9.66. The fraction of sp³-hybridized carbons (Fsp3) is 0.485. The van der Waals surface area contributed by atoms with Crippen molar-refractivity contribution in [1.82, 2.24) is 25.8 Å². The van der Waals surface area contributed by atoms with Crippen LogP contribution in [-0.2, 0) is 49.5 Å². The number of nitrogens with one attached hydrogen (secondary N) is 4. The fourth-order valence-electron chi connectivity index (χ4n) is 10.2. The number of benzene rings is 3. The number of aliphatic imine (C=N–C) groups is 1. The van der Waals surface area contributed by atoms with E-state index in [2.05, 4.69) is 26.3 Å². The molecule has 0 aromatic heterocycles. The lowest BCUT2D eigenvalue weighted by atomic mass is 10.0. The molecule has 92 heavy (non-hydrogen) atoms. The van der Waals surface area contributed by atoms with Crippen LogP contribution in [0.3, 0.4) is 0 Å². The highest BCUT2D eigenvalue weighted by Crippen LogP contribution is 2.43. The Kier molecular flexibility index (Phi) is 27.9. The van der Waals surface area contributed by atoms with E-state index in [-0.39, 0.29) is 92.4 Å². The van der Waals surface area contributed by atoms with Crippen molar-refractivity contribution in [2.24, 2.45) is 10.9 Å². The second kappa shape index (κ2) is 36.1. The van der Waals surface area contributed by atoms with E-state index in [1.54, 1.807) is 79.3 Å². The summed E-state index contributed by atoms with van der Waals surface area (Å²) in [4.78, 5) is 102. The van der Waals surface area contributed by atoms with Crippen molar-refractivity contribution in [2.75, 3.05) is 109 Å². The number of anilines is 2. The highest BCUT2D eigenvalue weighted by atomic mass is 32.2. The quantitative estimate of drug-likeness (QED) is 0.0366. The molecule has 0 radical (unpaired) electrons. The van der Waals surface area contributed by atoms with Crippen molar-refractivity contribution in [3.8, 4) is 23.0 Å². The van der Waals surface area contributed by atoms with Gasteiger partial charge < -0.3 is 78.8 Å². The zero-order valence-corrected chi connectivity index (χ0v) is 54.3. The average molecular weight is 1300 g/mol. The second-order valence-corrected chi connectivity index (χ2v) is 23.2. The van der Waals surface area contributed by atoms with Gasteiger partial charge in [0, 0.05) is 55.8 Å². The standard InChI is InChI=1S/C66H86N8O17S/c1-9-13-45-31-48-37-68-51-35-56(54(83-7)33-49(51)63(79)72(48)38-45)89-21-12-22-90-57-36-52-50(34-55(57)84-8)64(80)73-39-46(14-10-2)32-53(73)65(81)74(52)66(82)91-40-44-15-17-47(18-16-44)70-61(77)43(6)69-62(78)60(42(4)5)71-58(75)19-23-85-25-27-87-29-30-88-28-26-86-24-20-67-59(76)41-92-11-3/h9-10,13-18,33-39,42-43,48,53,60,65,81H,11-12,19-32,40-41H2,1-8H3,(H,67,76)(H,69,78)(H,70,77)(H,71,75)/b13-9+,14-10+/t43-,48-,53-,60-,65-/m0/s1. The number of thioether (sulfide) groups is 1. The van der Waals surface area contributed by atoms with Gasteiger partial charge in [0.25, 0.3) is 11.8 Å². The largest absolute Gasteiger partial charge is 0.493 e. The number of carbonyl (C=O) groups is 7. The van der Waals surface area contributed by atoms with Crippen LogP contribution in [-0.4, -0.2) is 191 Å². The molecule has 5 atom stereocenters. The number of aliphatic hydroxyl groups is 1. The predicted octanol–water partition coefficient (Wildman–Crippen LogP) is 7.00. The first-order valence-corrected chi connectivity index (χ1v) is 32.0. The van der Waals surface area contributed by atoms with Crippen molar-refractivity contribution in [1.29, 1.82) is 0 Å². The van der Waals surface area contributed by atoms with Crippen LogP contribution in [0.1, 0.15) is 93.5 Å². The van der Waals surface area contributed by atoms with Crippen LogP contribution in [0.4, 0.5) is 21.9 Å². The maximum atomic E-state index is 14.4. The fourth-order valence-corrected chi connectivity index (χ4v) is 10.7. The monoisotopic (exact) mass is 1290 g/mol. The molecule has 26 heteroatoms. The van der Waals surface area contributed by atoms with Gasteiger partial charge in [-0.15, -0.1) is 0 Å². The van der Waals surface area contributed by atoms with Gasteiger partial charge >= 0.3 is 6.09 Å². The molecule has 0 unspecified atom stereocenters. The molecular weight excluding hydrogens is 1210 g/mol. The van der Waals surface area contributed by atoms with E-state index >= 15 is 0 Å². The Morgan fingerprint density at radius 1 is 0.707 bits per heavy atom. The van der Waals surface area contributed by atoms with Gasteiger partial charge in [0.05, 0.1) is 121 Å². The molecule has 4 aliphatic rings. The summed E-state index contributed by atoms with van der Waals surface area (Å²) < 4.78 is 51.6. The van der Waals surface area contributed by atoms with E-state index in [0.717, 1.165) is 21.8 Å². The van der Waals surface area contributed by atoms with Crippen LogP contribution in [0, 0.1) is 5.92 Å². The molecule has 3 aromatic rings. The van der Waals surface area contributed by atoms with Crippen molar-refractivity contribution in [2.45, 2.75) is 104 Å². The number of carbonyl (C=O) groups excluding carboxylic acids is 7. The van der Waals surface area contributed by atoms with Crippen molar-refractivity contribution < 1.29 is 81.3 Å². The molecule has 0 spiro atoms. The lowest BCUT2D eigenvalue weighted by Crippen LogP contribution is -2.53. The summed E-state index contributed by atoms with van der Waals surface area (Å²) in [7, 11) is 2.91. The topological polar surface area (TPSA) is 293 Å². The van der Waals surface area contributed by atoms with E-state index in [4.69, 9.17) is 42.6 Å². The van der Waals surface area contributed by atoms with Crippen LogP contribution in [0.15, 0.2) is 101 Å². The molecular formula is C66H86N8O17S. The summed E-state index contributed by atoms with van der Waals surface area (Å²) in [5, 5.41) is 23.1. The smallest absolute Gasteiger partial charge is 0.416 e. The summed E-state index contributed by atoms with van der Waals surface area (Å²) in [5.41, 5.74) is 3.59. The molecule has 5 N–H and O–H groups in total. The van der Waals surface area contributed by atoms with Crippen LogP contribution in [0.25, 0.3) is 0 Å². The third-order valence-corrected chi connectivity index (χ3v) is 15.8. The Labute approximate surface area is 541 Å². The highest BCUT2D eigenvalue weighted by Gasteiger charge is 2.45. The number of nitrogens with zero attached hydrogens (tertiary/aromatic N) is 4. The summed E-state index contributed by atoms with van der Waals surface area (Å²) in [6.07, 6.45) is 11.5. The molecule has 3 aromatic carbocycles. The van der Waals surface area contributed by atoms with E-state index in [0.29, 0.717) is 98.8 Å². The second-order valence-electron chi connectivity index (χ2n) is 22.0. The van der Waals surface area contributed by atoms with E-state index in [1.807, 2.05) is 51.3 Å². The number of hydrogen-bond donors (Lipinski definition) is 5. The molecule has 4 heterocycles. The zero-order valence-electron chi connectivity index (χ0n) is 53.5. The number of hydrogen-bond acceptors (Lipinski definition) is 19. The first kappa shape index (κ1) is 71.2. The lowest BCUT2D eigenvalue weighted by Gasteiger charge is -2.31. The molecule has 0 bridgehead atoms. The van der Waals surface area contributed by atoms with E-state index in [1.165, 1.54) is 38.2 Å². The molecule has 0 saturated carbocycles. The van der Waals surface area contributed by atoms with Gasteiger partial charge in [-0.05, 0) is 86.3 Å². The number of fused-ring (bicyclic) bond motifs is 4. The van der Waals surface area contributed by atoms with E-state index in [9.17, 15) is 38.7 Å². The number of methoxy groups -OCH3 is 2. The minimum absolute atomic E-state index is 0.00302. The molecule has 498 valence electrons. The Bertz CT molecular complexity index is 3210. The van der Waals surface area contributed by atoms with Crippen LogP contribution < -0.4 is 45.1 Å². The number of amides is 7.